The third kappa shape index (κ3) is 3.61. The molecule has 0 bridgehead atoms. The lowest BCUT2D eigenvalue weighted by molar-refractivity contribution is -0.117. The van der Waals surface area contributed by atoms with Crippen LogP contribution < -0.4 is 10.9 Å². The van der Waals surface area contributed by atoms with E-state index in [4.69, 9.17) is 11.6 Å². The molecule has 2 heterocycles. The molecule has 1 aromatic heterocycles. The van der Waals surface area contributed by atoms with Crippen LogP contribution in [0.25, 0.3) is 0 Å². The maximum absolute atomic E-state index is 12.2. The summed E-state index contributed by atoms with van der Waals surface area (Å²) in [6.07, 6.45) is 2.39. The first kappa shape index (κ1) is 16.4. The zero-order chi connectivity index (χ0) is 15.6. The van der Waals surface area contributed by atoms with Crippen molar-refractivity contribution in [3.05, 3.63) is 26.8 Å². The number of carbonyl (C=O) groups is 2. The molecular weight excluding hydrogens is 380 g/mol. The van der Waals surface area contributed by atoms with Gasteiger partial charge in [0.1, 0.15) is 5.69 Å². The average Bonchev–Trinajstić information content (AvgIpc) is 3.00. The van der Waals surface area contributed by atoms with Crippen LogP contribution in [0.1, 0.15) is 29.5 Å². The number of hydrogen-bond donors (Lipinski definition) is 2. The molecule has 21 heavy (non-hydrogen) atoms. The molecule has 0 spiro atoms. The van der Waals surface area contributed by atoms with Gasteiger partial charge in [-0.05, 0) is 36.2 Å². The number of aryl methyl sites for hydroxylation is 2. The highest BCUT2D eigenvalue weighted by Gasteiger charge is 2.23. The number of nitrogens with one attached hydrogen (secondary N) is 2. The van der Waals surface area contributed by atoms with Gasteiger partial charge in [-0.3, -0.25) is 25.1 Å². The molecule has 0 saturated carbocycles. The van der Waals surface area contributed by atoms with Gasteiger partial charge in [-0.25, -0.2) is 0 Å². The van der Waals surface area contributed by atoms with E-state index in [1.807, 2.05) is 6.92 Å². The van der Waals surface area contributed by atoms with Crippen molar-refractivity contribution in [1.29, 1.82) is 0 Å². The fourth-order valence-corrected chi connectivity index (χ4v) is 3.48. The maximum atomic E-state index is 12.2. The first-order valence-corrected chi connectivity index (χ1v) is 8.39. The van der Waals surface area contributed by atoms with Crippen molar-refractivity contribution in [2.45, 2.75) is 31.5 Å². The molecule has 0 saturated heterocycles. The number of hydrogen-bond acceptors (Lipinski definition) is 4. The molecule has 0 aliphatic carbocycles. The predicted molar refractivity (Wildman–Crippen MR) is 85.9 cm³/mol. The molecule has 114 valence electrons. The fraction of sp³-hybridized carbons (Fsp3) is 0.417. The Bertz CT molecular complexity index is 617. The van der Waals surface area contributed by atoms with E-state index in [-0.39, 0.29) is 10.6 Å². The van der Waals surface area contributed by atoms with Crippen LogP contribution in [0.15, 0.2) is 15.5 Å². The highest BCUT2D eigenvalue weighted by molar-refractivity contribution is 9.10. The van der Waals surface area contributed by atoms with E-state index in [0.29, 0.717) is 33.7 Å². The van der Waals surface area contributed by atoms with Gasteiger partial charge in [0.2, 0.25) is 0 Å². The Balaban J connectivity index is 2.01. The van der Waals surface area contributed by atoms with Crippen molar-refractivity contribution in [2.75, 3.05) is 0 Å². The first-order valence-electron chi connectivity index (χ1n) is 6.28. The number of rotatable bonds is 3. The lowest BCUT2D eigenvalue weighted by atomic mass is 10.3. The highest BCUT2D eigenvalue weighted by atomic mass is 79.9. The number of carbonyl (C=O) groups excluding carboxylic acids is 2. The van der Waals surface area contributed by atoms with E-state index in [9.17, 15) is 9.59 Å². The summed E-state index contributed by atoms with van der Waals surface area (Å²) < 4.78 is 2.06. The summed E-state index contributed by atoms with van der Waals surface area (Å²) in [5, 5.41) is 4.23. The molecule has 9 heteroatoms. The van der Waals surface area contributed by atoms with E-state index in [1.165, 1.54) is 11.8 Å². The molecule has 1 aromatic rings. The molecule has 2 N–H and O–H groups in total. The van der Waals surface area contributed by atoms with Crippen LogP contribution in [0.4, 0.5) is 0 Å². The molecule has 1 aliphatic rings. The number of hydrazine groups is 1. The second kappa shape index (κ2) is 6.85. The van der Waals surface area contributed by atoms with Crippen molar-refractivity contribution in [1.82, 2.24) is 20.6 Å². The van der Waals surface area contributed by atoms with Gasteiger partial charge in [0.15, 0.2) is 0 Å². The van der Waals surface area contributed by atoms with Gasteiger partial charge in [-0.2, -0.15) is 5.10 Å². The van der Waals surface area contributed by atoms with Gasteiger partial charge in [0.25, 0.3) is 11.8 Å². The van der Waals surface area contributed by atoms with Crippen LogP contribution in [0.2, 0.25) is 0 Å². The Hall–Kier alpha value is -0.990. The van der Waals surface area contributed by atoms with Gasteiger partial charge < -0.3 is 0 Å². The smallest absolute Gasteiger partial charge is 0.267 e. The summed E-state index contributed by atoms with van der Waals surface area (Å²) in [5.74, 6) is -0.796. The van der Waals surface area contributed by atoms with Crippen molar-refractivity contribution in [2.24, 2.45) is 0 Å². The topological polar surface area (TPSA) is 76.0 Å². The lowest BCUT2D eigenvalue weighted by Crippen LogP contribution is -2.42. The number of nitrogens with zero attached hydrogens (tertiary/aromatic N) is 2. The van der Waals surface area contributed by atoms with Crippen molar-refractivity contribution >= 4 is 51.1 Å². The lowest BCUT2D eigenvalue weighted by Gasteiger charge is -2.09. The van der Waals surface area contributed by atoms with Gasteiger partial charge in [0, 0.05) is 6.54 Å². The molecule has 6 nitrogen and oxygen atoms in total. The van der Waals surface area contributed by atoms with Crippen LogP contribution >= 0.6 is 39.3 Å². The van der Waals surface area contributed by atoms with Crippen LogP contribution in [0, 0.1) is 6.92 Å². The molecule has 1 unspecified atom stereocenters. The second-order valence-corrected chi connectivity index (χ2v) is 7.13. The summed E-state index contributed by atoms with van der Waals surface area (Å²) >= 11 is 10.5. The Kier molecular flexibility index (Phi) is 5.34. The number of thioether (sulfide) groups is 1. The van der Waals surface area contributed by atoms with Crippen molar-refractivity contribution in [3.63, 3.8) is 0 Å². The van der Waals surface area contributed by atoms with Crippen molar-refractivity contribution < 1.29 is 9.59 Å². The standard InChI is InChI=1S/C12H14BrClN4O2S/c1-3-18-10(9(13)6(2)17-18)12(20)16-15-11(19)7-4-5-8(14)21-7/h4,8H,3,5H2,1-2H3,(H,15,19)(H,16,20). The predicted octanol–water partition coefficient (Wildman–Crippen LogP) is 2.32. The minimum Gasteiger partial charge on any atom is -0.267 e. The molecule has 2 rings (SSSR count). The molecule has 0 aromatic carbocycles. The first-order chi connectivity index (χ1) is 9.93. The molecule has 0 fully saturated rings. The Morgan fingerprint density at radius 2 is 2.19 bits per heavy atom. The summed E-state index contributed by atoms with van der Waals surface area (Å²) in [6.45, 7) is 4.24. The van der Waals surface area contributed by atoms with Gasteiger partial charge in [-0.15, -0.1) is 23.4 Å². The summed E-state index contributed by atoms with van der Waals surface area (Å²) in [4.78, 5) is 24.5. The normalized spacial score (nSPS) is 17.5. The molecule has 1 aliphatic heterocycles. The largest absolute Gasteiger partial charge is 0.289 e. The van der Waals surface area contributed by atoms with E-state index >= 15 is 0 Å². The third-order valence-electron chi connectivity index (χ3n) is 2.83. The van der Waals surface area contributed by atoms with E-state index in [0.717, 1.165) is 0 Å². The maximum Gasteiger partial charge on any atom is 0.289 e. The zero-order valence-corrected chi connectivity index (χ0v) is 14.6. The van der Waals surface area contributed by atoms with Crippen LogP contribution in [-0.4, -0.2) is 26.3 Å². The monoisotopic (exact) mass is 392 g/mol. The Labute approximate surface area is 139 Å². The van der Waals surface area contributed by atoms with Gasteiger partial charge in [0.05, 0.1) is 19.8 Å². The van der Waals surface area contributed by atoms with Gasteiger partial charge >= 0.3 is 0 Å². The van der Waals surface area contributed by atoms with E-state index in [2.05, 4.69) is 31.9 Å². The second-order valence-electron chi connectivity index (χ2n) is 4.30. The van der Waals surface area contributed by atoms with Crippen LogP contribution in [0.5, 0.6) is 0 Å². The third-order valence-corrected chi connectivity index (χ3v) is 5.27. The average molecular weight is 394 g/mol. The van der Waals surface area contributed by atoms with Gasteiger partial charge in [-0.1, -0.05) is 6.08 Å². The minimum atomic E-state index is -0.427. The molecule has 2 amide bonds. The molecule has 1 atom stereocenters. The number of allylic oxidation sites excluding steroid dienone is 1. The fourth-order valence-electron chi connectivity index (χ4n) is 1.82. The zero-order valence-electron chi connectivity index (χ0n) is 11.4. The van der Waals surface area contributed by atoms with Crippen LogP contribution in [-0.2, 0) is 11.3 Å². The number of halogens is 2. The summed E-state index contributed by atoms with van der Waals surface area (Å²) in [5.41, 5.74) is 5.86. The number of amides is 2. The summed E-state index contributed by atoms with van der Waals surface area (Å²) in [7, 11) is 0. The number of alkyl halides is 1. The number of aromatic nitrogens is 2. The van der Waals surface area contributed by atoms with Crippen molar-refractivity contribution in [3.8, 4) is 0 Å². The van der Waals surface area contributed by atoms with E-state index in [1.54, 1.807) is 17.7 Å². The Morgan fingerprint density at radius 1 is 1.52 bits per heavy atom. The SMILES string of the molecule is CCn1nc(C)c(Br)c1C(=O)NNC(=O)C1=CCC(Cl)S1. The quantitative estimate of drug-likeness (QED) is 0.610. The van der Waals surface area contributed by atoms with Crippen LogP contribution in [0.3, 0.4) is 0 Å². The van der Waals surface area contributed by atoms with E-state index < -0.39 is 5.91 Å². The Morgan fingerprint density at radius 3 is 2.76 bits per heavy atom. The molecular formula is C12H14BrClN4O2S. The summed E-state index contributed by atoms with van der Waals surface area (Å²) in [6, 6.07) is 0. The minimum absolute atomic E-state index is 0.125. The molecule has 0 radical (unpaired) electrons. The highest BCUT2D eigenvalue weighted by Crippen LogP contribution is 2.34.